The number of rotatable bonds is 6. The smallest absolute Gasteiger partial charge is 0.304 e. The fourth-order valence-corrected chi connectivity index (χ4v) is 3.53. The second kappa shape index (κ2) is 7.76. The van der Waals surface area contributed by atoms with Gasteiger partial charge < -0.3 is 9.84 Å². The summed E-state index contributed by atoms with van der Waals surface area (Å²) >= 11 is 7.84. The molecule has 110 valence electrons. The number of carboxylic acids is 1. The van der Waals surface area contributed by atoms with E-state index < -0.39 is 5.97 Å². The molecule has 0 bridgehead atoms. The van der Waals surface area contributed by atoms with Crippen molar-refractivity contribution in [2.75, 3.05) is 31.2 Å². The molecule has 0 saturated carbocycles. The number of aliphatic carboxylic acids is 1. The van der Waals surface area contributed by atoms with Crippen molar-refractivity contribution < 1.29 is 14.6 Å². The lowest BCUT2D eigenvalue weighted by molar-refractivity contribution is -0.138. The number of para-hydroxylation sites is 1. The maximum atomic E-state index is 10.9. The molecule has 1 saturated heterocycles. The summed E-state index contributed by atoms with van der Waals surface area (Å²) in [5.41, 5.74) is 0. The van der Waals surface area contributed by atoms with E-state index >= 15 is 0 Å². The van der Waals surface area contributed by atoms with Crippen molar-refractivity contribution in [3.63, 3.8) is 0 Å². The molecule has 1 aliphatic rings. The summed E-state index contributed by atoms with van der Waals surface area (Å²) in [6, 6.07) is 7.47. The first-order valence-corrected chi connectivity index (χ1v) is 8.11. The highest BCUT2D eigenvalue weighted by Crippen LogP contribution is 2.23. The Kier molecular flexibility index (Phi) is 6.01. The third-order valence-corrected chi connectivity index (χ3v) is 4.64. The lowest BCUT2D eigenvalue weighted by Gasteiger charge is -2.34. The van der Waals surface area contributed by atoms with Crippen molar-refractivity contribution in [3.05, 3.63) is 29.3 Å². The van der Waals surface area contributed by atoms with Crippen LogP contribution in [0, 0.1) is 0 Å². The van der Waals surface area contributed by atoms with Gasteiger partial charge >= 0.3 is 5.97 Å². The third-order valence-electron chi connectivity index (χ3n) is 3.23. The molecule has 0 aliphatic carbocycles. The third kappa shape index (κ3) is 4.58. The molecule has 1 aliphatic heterocycles. The van der Waals surface area contributed by atoms with Gasteiger partial charge in [0.25, 0.3) is 0 Å². The van der Waals surface area contributed by atoms with Crippen molar-refractivity contribution >= 4 is 29.3 Å². The van der Waals surface area contributed by atoms with Crippen LogP contribution in [0.3, 0.4) is 0 Å². The molecule has 1 heterocycles. The molecule has 0 radical (unpaired) electrons. The lowest BCUT2D eigenvalue weighted by atomic mass is 10.2. The minimum atomic E-state index is -0.741. The summed E-state index contributed by atoms with van der Waals surface area (Å²) in [7, 11) is 0. The van der Waals surface area contributed by atoms with E-state index in [9.17, 15) is 4.79 Å². The van der Waals surface area contributed by atoms with Gasteiger partial charge in [-0.1, -0.05) is 23.7 Å². The summed E-state index contributed by atoms with van der Waals surface area (Å²) in [4.78, 5) is 13.1. The Bertz CT molecular complexity index is 458. The Balaban J connectivity index is 1.82. The van der Waals surface area contributed by atoms with Crippen molar-refractivity contribution in [2.24, 2.45) is 0 Å². The van der Waals surface area contributed by atoms with Gasteiger partial charge in [0.1, 0.15) is 12.4 Å². The molecule has 6 heteroatoms. The van der Waals surface area contributed by atoms with E-state index in [4.69, 9.17) is 21.4 Å². The number of benzene rings is 1. The second-order valence-corrected chi connectivity index (χ2v) is 6.20. The van der Waals surface area contributed by atoms with Crippen LogP contribution in [0.1, 0.15) is 6.42 Å². The zero-order valence-electron chi connectivity index (χ0n) is 11.1. The first kappa shape index (κ1) is 15.5. The van der Waals surface area contributed by atoms with Gasteiger partial charge in [-0.05, 0) is 12.1 Å². The Morgan fingerprint density at radius 1 is 1.50 bits per heavy atom. The number of thioether (sulfide) groups is 1. The highest BCUT2D eigenvalue weighted by Gasteiger charge is 2.24. The molecule has 1 aromatic carbocycles. The normalized spacial score (nSPS) is 19.8. The van der Waals surface area contributed by atoms with Gasteiger partial charge in [0.05, 0.1) is 11.4 Å². The number of ether oxygens (including phenoxy) is 1. The largest absolute Gasteiger partial charge is 0.491 e. The number of halogens is 1. The van der Waals surface area contributed by atoms with Crippen LogP contribution in [0.5, 0.6) is 5.75 Å². The van der Waals surface area contributed by atoms with E-state index in [1.54, 1.807) is 6.07 Å². The van der Waals surface area contributed by atoms with Crippen molar-refractivity contribution in [1.29, 1.82) is 0 Å². The highest BCUT2D eigenvalue weighted by atomic mass is 35.5. The predicted molar refractivity (Wildman–Crippen MR) is 81.9 cm³/mol. The number of nitrogens with zero attached hydrogens (tertiary/aromatic N) is 1. The fourth-order valence-electron chi connectivity index (χ4n) is 2.21. The first-order valence-electron chi connectivity index (χ1n) is 6.57. The number of carboxylic acid groups (broad SMARTS) is 1. The maximum absolute atomic E-state index is 10.9. The van der Waals surface area contributed by atoms with Crippen LogP contribution in [0.25, 0.3) is 0 Å². The maximum Gasteiger partial charge on any atom is 0.304 e. The minimum absolute atomic E-state index is 0.0982. The Hall–Kier alpha value is -0.910. The lowest BCUT2D eigenvalue weighted by Crippen LogP contribution is -2.45. The van der Waals surface area contributed by atoms with E-state index in [1.807, 2.05) is 30.0 Å². The monoisotopic (exact) mass is 315 g/mol. The summed E-state index contributed by atoms with van der Waals surface area (Å²) in [5.74, 6) is 1.85. The molecule has 1 aromatic rings. The number of carbonyl (C=O) groups is 1. The SMILES string of the molecule is O=C(O)CC1CSCCN1CCOc1ccccc1Cl. The molecule has 20 heavy (non-hydrogen) atoms. The van der Waals surface area contributed by atoms with Gasteiger partial charge in [0, 0.05) is 30.6 Å². The van der Waals surface area contributed by atoms with E-state index in [0.29, 0.717) is 17.4 Å². The zero-order chi connectivity index (χ0) is 14.4. The Morgan fingerprint density at radius 2 is 2.30 bits per heavy atom. The Morgan fingerprint density at radius 3 is 3.05 bits per heavy atom. The van der Waals surface area contributed by atoms with Gasteiger partial charge in [-0.15, -0.1) is 0 Å². The van der Waals surface area contributed by atoms with Crippen LogP contribution in [0.15, 0.2) is 24.3 Å². The van der Waals surface area contributed by atoms with E-state index in [1.165, 1.54) is 0 Å². The topological polar surface area (TPSA) is 49.8 Å². The molecule has 1 atom stereocenters. The highest BCUT2D eigenvalue weighted by molar-refractivity contribution is 7.99. The first-order chi connectivity index (χ1) is 9.66. The van der Waals surface area contributed by atoms with Gasteiger partial charge in [0.2, 0.25) is 0 Å². The molecule has 0 amide bonds. The van der Waals surface area contributed by atoms with Crippen molar-refractivity contribution in [1.82, 2.24) is 4.90 Å². The van der Waals surface area contributed by atoms with Crippen LogP contribution >= 0.6 is 23.4 Å². The summed E-state index contributed by atoms with van der Waals surface area (Å²) in [5, 5.41) is 9.54. The molecular weight excluding hydrogens is 298 g/mol. The second-order valence-electron chi connectivity index (χ2n) is 4.64. The van der Waals surface area contributed by atoms with Crippen LogP contribution < -0.4 is 4.74 Å². The standard InChI is InChI=1S/C14H18ClNO3S/c15-12-3-1-2-4-13(12)19-7-5-16-6-8-20-10-11(16)9-14(17)18/h1-4,11H,5-10H2,(H,17,18). The molecule has 0 aromatic heterocycles. The van der Waals surface area contributed by atoms with Crippen LogP contribution in [0.2, 0.25) is 5.02 Å². The predicted octanol–water partition coefficient (Wildman–Crippen LogP) is 2.61. The summed E-state index contributed by atoms with van der Waals surface area (Å²) in [6.45, 7) is 2.16. The minimum Gasteiger partial charge on any atom is -0.491 e. The van der Waals surface area contributed by atoms with Gasteiger partial charge in [-0.2, -0.15) is 11.8 Å². The number of hydrogen-bond donors (Lipinski definition) is 1. The molecule has 1 fully saturated rings. The van der Waals surface area contributed by atoms with E-state index in [2.05, 4.69) is 4.90 Å². The van der Waals surface area contributed by atoms with Crippen molar-refractivity contribution in [3.8, 4) is 5.75 Å². The molecule has 1 N–H and O–H groups in total. The average molecular weight is 316 g/mol. The zero-order valence-corrected chi connectivity index (χ0v) is 12.7. The summed E-state index contributed by atoms with van der Waals surface area (Å²) in [6.07, 6.45) is 0.194. The number of hydrogen-bond acceptors (Lipinski definition) is 4. The molecule has 2 rings (SSSR count). The Labute approximate surface area is 128 Å². The fraction of sp³-hybridized carbons (Fsp3) is 0.500. The molecule has 4 nitrogen and oxygen atoms in total. The van der Waals surface area contributed by atoms with Crippen LogP contribution in [-0.2, 0) is 4.79 Å². The van der Waals surface area contributed by atoms with Gasteiger partial charge in [-0.25, -0.2) is 0 Å². The molecule has 1 unspecified atom stereocenters. The molecular formula is C14H18ClNO3S. The van der Waals surface area contributed by atoms with Crippen molar-refractivity contribution in [2.45, 2.75) is 12.5 Å². The average Bonchev–Trinajstić information content (AvgIpc) is 2.42. The van der Waals surface area contributed by atoms with E-state index in [0.717, 1.165) is 24.6 Å². The summed E-state index contributed by atoms with van der Waals surface area (Å²) < 4.78 is 5.66. The molecule has 0 spiro atoms. The van der Waals surface area contributed by atoms with Gasteiger partial charge in [-0.3, -0.25) is 9.69 Å². The van der Waals surface area contributed by atoms with Crippen LogP contribution in [0.4, 0.5) is 0 Å². The van der Waals surface area contributed by atoms with Gasteiger partial charge in [0.15, 0.2) is 0 Å². The quantitative estimate of drug-likeness (QED) is 0.874. The van der Waals surface area contributed by atoms with Crippen LogP contribution in [-0.4, -0.2) is 53.2 Å². The van der Waals surface area contributed by atoms with E-state index in [-0.39, 0.29) is 12.5 Å².